The molecule has 1 aromatic carbocycles. The second-order valence-corrected chi connectivity index (χ2v) is 5.83. The summed E-state index contributed by atoms with van der Waals surface area (Å²) in [6.45, 7) is 1.27. The summed E-state index contributed by atoms with van der Waals surface area (Å²) in [6, 6.07) is 5.17. The van der Waals surface area contributed by atoms with Crippen LogP contribution in [0, 0.1) is 6.92 Å². The van der Waals surface area contributed by atoms with Gasteiger partial charge in [0.15, 0.2) is 11.3 Å². The number of halogens is 2. The van der Waals surface area contributed by atoms with Crippen LogP contribution < -0.4 is 0 Å². The number of benzene rings is 1. The number of furan rings is 1. The Bertz CT molecular complexity index is 787. The highest BCUT2D eigenvalue weighted by Gasteiger charge is 2.47. The van der Waals surface area contributed by atoms with Crippen molar-refractivity contribution in [2.45, 2.75) is 19.0 Å². The molecule has 1 fully saturated rings. The predicted octanol–water partition coefficient (Wildman–Crippen LogP) is 3.03. The average Bonchev–Trinajstić information content (AvgIpc) is 3.02. The van der Waals surface area contributed by atoms with Gasteiger partial charge in [0.1, 0.15) is 0 Å². The van der Waals surface area contributed by atoms with E-state index in [2.05, 4.69) is 0 Å². The van der Waals surface area contributed by atoms with E-state index in [0.717, 1.165) is 4.90 Å². The van der Waals surface area contributed by atoms with Gasteiger partial charge in [0, 0.05) is 23.9 Å². The van der Waals surface area contributed by atoms with Crippen LogP contribution >= 0.6 is 11.6 Å². The predicted molar refractivity (Wildman–Crippen MR) is 78.0 cm³/mol. The molecule has 22 heavy (non-hydrogen) atoms. The summed E-state index contributed by atoms with van der Waals surface area (Å²) < 4.78 is 19.6. The van der Waals surface area contributed by atoms with E-state index < -0.39 is 24.1 Å². The summed E-state index contributed by atoms with van der Waals surface area (Å²) in [6.07, 6.45) is -0.228. The number of hydrogen-bond acceptors (Lipinski definition) is 3. The number of aryl methyl sites for hydroxylation is 1. The van der Waals surface area contributed by atoms with Gasteiger partial charge in [-0.05, 0) is 13.0 Å². The highest BCUT2D eigenvalue weighted by Crippen LogP contribution is 2.33. The van der Waals surface area contributed by atoms with E-state index in [1.807, 2.05) is 0 Å². The van der Waals surface area contributed by atoms with Gasteiger partial charge in [-0.15, -0.1) is 0 Å². The van der Waals surface area contributed by atoms with Crippen LogP contribution in [-0.2, 0) is 4.79 Å². The number of rotatable bonds is 2. The molecule has 0 bridgehead atoms. The lowest BCUT2D eigenvalue weighted by Crippen LogP contribution is -2.38. The number of carbonyl (C=O) groups excluding carboxylic acids is 1. The first-order valence-electron chi connectivity index (χ1n) is 6.73. The van der Waals surface area contributed by atoms with E-state index >= 15 is 0 Å². The van der Waals surface area contributed by atoms with Crippen LogP contribution in [0.1, 0.15) is 22.5 Å². The standard InChI is InChI=1S/C15H13ClFNO4/c1-8-9-3-2-4-10(16)12(9)22-11(8)13(19)18-6-5-15(17,7-18)14(20)21/h2-4H,5-7H2,1H3,(H,20,21). The largest absolute Gasteiger partial charge is 0.479 e. The number of nitrogens with zero attached hydrogens (tertiary/aromatic N) is 1. The Kier molecular flexibility index (Phi) is 3.36. The molecule has 1 aliphatic heterocycles. The third kappa shape index (κ3) is 2.14. The Hall–Kier alpha value is -2.08. The Labute approximate surface area is 130 Å². The van der Waals surface area contributed by atoms with E-state index in [0.29, 0.717) is 21.6 Å². The number of para-hydroxylation sites is 1. The van der Waals surface area contributed by atoms with Crippen LogP contribution in [-0.4, -0.2) is 40.6 Å². The molecule has 1 atom stereocenters. The number of carboxylic acids is 1. The van der Waals surface area contributed by atoms with Gasteiger partial charge < -0.3 is 14.4 Å². The molecule has 1 aliphatic rings. The van der Waals surface area contributed by atoms with Gasteiger partial charge in [-0.1, -0.05) is 23.7 Å². The minimum atomic E-state index is -2.40. The fourth-order valence-corrected chi connectivity index (χ4v) is 2.89. The van der Waals surface area contributed by atoms with Crippen molar-refractivity contribution in [2.24, 2.45) is 0 Å². The molecule has 0 radical (unpaired) electrons. The smallest absolute Gasteiger partial charge is 0.343 e. The molecule has 116 valence electrons. The van der Waals surface area contributed by atoms with Crippen molar-refractivity contribution in [3.8, 4) is 0 Å². The van der Waals surface area contributed by atoms with Crippen molar-refractivity contribution in [2.75, 3.05) is 13.1 Å². The lowest BCUT2D eigenvalue weighted by Gasteiger charge is -2.16. The number of hydrogen-bond donors (Lipinski definition) is 1. The van der Waals surface area contributed by atoms with Gasteiger partial charge in [0.25, 0.3) is 5.91 Å². The monoisotopic (exact) mass is 325 g/mol. The van der Waals surface area contributed by atoms with Crippen LogP contribution in [0.25, 0.3) is 11.0 Å². The lowest BCUT2D eigenvalue weighted by atomic mass is 10.1. The van der Waals surface area contributed by atoms with Crippen LogP contribution in [0.15, 0.2) is 22.6 Å². The van der Waals surface area contributed by atoms with Crippen molar-refractivity contribution in [1.29, 1.82) is 0 Å². The Morgan fingerprint density at radius 3 is 2.77 bits per heavy atom. The Morgan fingerprint density at radius 1 is 1.45 bits per heavy atom. The van der Waals surface area contributed by atoms with Gasteiger partial charge in [-0.3, -0.25) is 4.79 Å². The topological polar surface area (TPSA) is 70.8 Å². The molecular weight excluding hydrogens is 313 g/mol. The van der Waals surface area contributed by atoms with Crippen LogP contribution in [0.2, 0.25) is 5.02 Å². The number of carboxylic acid groups (broad SMARTS) is 1. The fraction of sp³-hybridized carbons (Fsp3) is 0.333. The average molecular weight is 326 g/mol. The van der Waals surface area contributed by atoms with Gasteiger partial charge in [-0.25, -0.2) is 9.18 Å². The van der Waals surface area contributed by atoms with E-state index in [1.165, 1.54) is 0 Å². The van der Waals surface area contributed by atoms with Gasteiger partial charge >= 0.3 is 5.97 Å². The number of likely N-dealkylation sites (tertiary alicyclic amines) is 1. The van der Waals surface area contributed by atoms with Crippen molar-refractivity contribution >= 4 is 34.4 Å². The maximum absolute atomic E-state index is 14.1. The molecule has 0 saturated carbocycles. The van der Waals surface area contributed by atoms with E-state index in [4.69, 9.17) is 21.1 Å². The molecule has 0 spiro atoms. The van der Waals surface area contributed by atoms with E-state index in [-0.39, 0.29) is 18.7 Å². The number of fused-ring (bicyclic) bond motifs is 1. The van der Waals surface area contributed by atoms with Gasteiger partial charge in [0.05, 0.1) is 11.6 Å². The molecule has 1 saturated heterocycles. The maximum atomic E-state index is 14.1. The molecule has 1 unspecified atom stereocenters. The summed E-state index contributed by atoms with van der Waals surface area (Å²) in [5.41, 5.74) is -1.39. The Morgan fingerprint density at radius 2 is 2.18 bits per heavy atom. The minimum Gasteiger partial charge on any atom is -0.479 e. The Balaban J connectivity index is 1.96. The second kappa shape index (κ2) is 4.98. The van der Waals surface area contributed by atoms with Crippen molar-refractivity contribution in [3.05, 3.63) is 34.5 Å². The summed E-state index contributed by atoms with van der Waals surface area (Å²) in [5.74, 6) is -2.00. The molecule has 1 aromatic heterocycles. The highest BCUT2D eigenvalue weighted by molar-refractivity contribution is 6.35. The first-order valence-corrected chi connectivity index (χ1v) is 7.10. The summed E-state index contributed by atoms with van der Waals surface area (Å²) >= 11 is 6.04. The lowest BCUT2D eigenvalue weighted by molar-refractivity contribution is -0.149. The van der Waals surface area contributed by atoms with E-state index in [1.54, 1.807) is 25.1 Å². The third-order valence-corrected chi connectivity index (χ3v) is 4.30. The van der Waals surface area contributed by atoms with Crippen molar-refractivity contribution in [1.82, 2.24) is 4.90 Å². The molecular formula is C15H13ClFNO4. The normalized spacial score (nSPS) is 21.5. The maximum Gasteiger partial charge on any atom is 0.343 e. The number of alkyl halides is 1. The second-order valence-electron chi connectivity index (χ2n) is 5.42. The van der Waals surface area contributed by atoms with Crippen LogP contribution in [0.3, 0.4) is 0 Å². The number of carbonyl (C=O) groups is 2. The zero-order chi connectivity index (χ0) is 16.1. The molecule has 2 aromatic rings. The number of aliphatic carboxylic acids is 1. The molecule has 3 rings (SSSR count). The molecule has 1 amide bonds. The van der Waals surface area contributed by atoms with Gasteiger partial charge in [0.2, 0.25) is 5.67 Å². The highest BCUT2D eigenvalue weighted by atomic mass is 35.5. The minimum absolute atomic E-state index is 0.0336. The fourth-order valence-electron chi connectivity index (χ4n) is 2.68. The first-order chi connectivity index (χ1) is 10.3. The van der Waals surface area contributed by atoms with Crippen LogP contribution in [0.4, 0.5) is 4.39 Å². The molecule has 0 aliphatic carbocycles. The van der Waals surface area contributed by atoms with Crippen molar-refractivity contribution in [3.63, 3.8) is 0 Å². The zero-order valence-corrected chi connectivity index (χ0v) is 12.5. The molecule has 7 heteroatoms. The summed E-state index contributed by atoms with van der Waals surface area (Å²) in [4.78, 5) is 24.6. The van der Waals surface area contributed by atoms with Gasteiger partial charge in [-0.2, -0.15) is 0 Å². The van der Waals surface area contributed by atoms with Crippen molar-refractivity contribution < 1.29 is 23.5 Å². The molecule has 1 N–H and O–H groups in total. The quantitative estimate of drug-likeness (QED) is 0.921. The summed E-state index contributed by atoms with van der Waals surface area (Å²) in [5, 5.41) is 9.98. The molecule has 2 heterocycles. The SMILES string of the molecule is Cc1c(C(=O)N2CCC(F)(C(=O)O)C2)oc2c(Cl)cccc12. The molecule has 5 nitrogen and oxygen atoms in total. The first kappa shape index (κ1) is 14.8. The number of amides is 1. The summed E-state index contributed by atoms with van der Waals surface area (Å²) in [7, 11) is 0. The third-order valence-electron chi connectivity index (χ3n) is 4.00. The van der Waals surface area contributed by atoms with Crippen LogP contribution in [0.5, 0.6) is 0 Å². The van der Waals surface area contributed by atoms with E-state index in [9.17, 15) is 14.0 Å². The zero-order valence-electron chi connectivity index (χ0n) is 11.7.